The van der Waals surface area contributed by atoms with Crippen molar-refractivity contribution >= 4 is 35.0 Å². The van der Waals surface area contributed by atoms with Crippen LogP contribution in [0.25, 0.3) is 17.4 Å². The average molecular weight is 383 g/mol. The molecule has 3 aromatic rings. The zero-order valence-electron chi connectivity index (χ0n) is 14.3. The Balaban J connectivity index is 1.69. The summed E-state index contributed by atoms with van der Waals surface area (Å²) < 4.78 is 5.63. The van der Waals surface area contributed by atoms with Gasteiger partial charge in [0.1, 0.15) is 11.5 Å². The first-order chi connectivity index (χ1) is 12.9. The lowest BCUT2D eigenvalue weighted by Crippen LogP contribution is -2.07. The van der Waals surface area contributed by atoms with E-state index in [0.717, 1.165) is 5.56 Å². The predicted octanol–water partition coefficient (Wildman–Crippen LogP) is 5.47. The van der Waals surface area contributed by atoms with Gasteiger partial charge in [0, 0.05) is 34.5 Å². The van der Waals surface area contributed by atoms with E-state index in [9.17, 15) is 14.9 Å². The second-order valence-electron chi connectivity index (χ2n) is 5.80. The number of non-ortho nitro benzene ring substituents is 1. The standard InChI is InChI=1S/C20H15ClN2O4/c1-13-5-6-15(12-18(13)21)22-20(24)10-8-17-7-9-19(27-17)14-3-2-4-16(11-14)23(25)26/h2-12H,1H3,(H,22,24)/b10-8+. The van der Waals surface area contributed by atoms with E-state index in [-0.39, 0.29) is 11.6 Å². The summed E-state index contributed by atoms with van der Waals surface area (Å²) in [7, 11) is 0. The van der Waals surface area contributed by atoms with E-state index in [0.29, 0.717) is 27.8 Å². The number of nitrogens with zero attached hydrogens (tertiary/aromatic N) is 1. The smallest absolute Gasteiger partial charge is 0.270 e. The van der Waals surface area contributed by atoms with Crippen LogP contribution in [-0.2, 0) is 4.79 Å². The fourth-order valence-corrected chi connectivity index (χ4v) is 2.56. The number of carbonyl (C=O) groups excluding carboxylic acids is 1. The van der Waals surface area contributed by atoms with E-state index in [1.165, 1.54) is 24.3 Å². The Hall–Kier alpha value is -3.38. The number of benzene rings is 2. The Bertz CT molecular complexity index is 1040. The molecule has 7 heteroatoms. The molecule has 0 atom stereocenters. The maximum absolute atomic E-state index is 12.0. The van der Waals surface area contributed by atoms with Gasteiger partial charge in [-0.1, -0.05) is 29.8 Å². The van der Waals surface area contributed by atoms with Crippen LogP contribution in [0, 0.1) is 17.0 Å². The number of carbonyl (C=O) groups is 1. The number of nitrogens with one attached hydrogen (secondary N) is 1. The fraction of sp³-hybridized carbons (Fsp3) is 0.0500. The largest absolute Gasteiger partial charge is 0.457 e. The molecule has 0 aliphatic heterocycles. The zero-order chi connectivity index (χ0) is 19.4. The molecule has 3 rings (SSSR count). The van der Waals surface area contributed by atoms with Crippen LogP contribution in [0.4, 0.5) is 11.4 Å². The molecule has 0 aliphatic carbocycles. The summed E-state index contributed by atoms with van der Waals surface area (Å²) in [5.74, 6) is 0.598. The summed E-state index contributed by atoms with van der Waals surface area (Å²) in [5.41, 5.74) is 2.09. The highest BCUT2D eigenvalue weighted by Crippen LogP contribution is 2.26. The van der Waals surface area contributed by atoms with E-state index in [2.05, 4.69) is 5.32 Å². The van der Waals surface area contributed by atoms with Gasteiger partial charge >= 0.3 is 0 Å². The summed E-state index contributed by atoms with van der Waals surface area (Å²) in [6.45, 7) is 1.88. The van der Waals surface area contributed by atoms with Gasteiger partial charge in [0.25, 0.3) is 5.69 Å². The van der Waals surface area contributed by atoms with Gasteiger partial charge in [0.2, 0.25) is 5.91 Å². The van der Waals surface area contributed by atoms with Crippen LogP contribution in [0.3, 0.4) is 0 Å². The van der Waals surface area contributed by atoms with E-state index >= 15 is 0 Å². The molecular weight excluding hydrogens is 368 g/mol. The summed E-state index contributed by atoms with van der Waals surface area (Å²) in [5, 5.41) is 14.2. The molecule has 27 heavy (non-hydrogen) atoms. The number of aryl methyl sites for hydroxylation is 1. The molecule has 1 aromatic heterocycles. The Morgan fingerprint density at radius 3 is 2.74 bits per heavy atom. The highest BCUT2D eigenvalue weighted by atomic mass is 35.5. The van der Waals surface area contributed by atoms with Gasteiger partial charge in [-0.25, -0.2) is 0 Å². The lowest BCUT2D eigenvalue weighted by atomic mass is 10.1. The number of nitro groups is 1. The topological polar surface area (TPSA) is 85.4 Å². The van der Waals surface area contributed by atoms with E-state index in [1.807, 2.05) is 13.0 Å². The number of rotatable bonds is 5. The SMILES string of the molecule is Cc1ccc(NC(=O)/C=C/c2ccc(-c3cccc([N+](=O)[O-])c3)o2)cc1Cl. The molecule has 6 nitrogen and oxygen atoms in total. The van der Waals surface area contributed by atoms with Crippen LogP contribution in [0.1, 0.15) is 11.3 Å². The van der Waals surface area contributed by atoms with Crippen LogP contribution >= 0.6 is 11.6 Å². The first-order valence-corrected chi connectivity index (χ1v) is 8.40. The summed E-state index contributed by atoms with van der Waals surface area (Å²) >= 11 is 6.04. The van der Waals surface area contributed by atoms with Crippen molar-refractivity contribution in [3.63, 3.8) is 0 Å². The monoisotopic (exact) mass is 382 g/mol. The van der Waals surface area contributed by atoms with Crippen molar-refractivity contribution < 1.29 is 14.1 Å². The van der Waals surface area contributed by atoms with Crippen molar-refractivity contribution in [2.45, 2.75) is 6.92 Å². The molecule has 0 bridgehead atoms. The lowest BCUT2D eigenvalue weighted by molar-refractivity contribution is -0.384. The summed E-state index contributed by atoms with van der Waals surface area (Å²) in [6, 6.07) is 14.8. The summed E-state index contributed by atoms with van der Waals surface area (Å²) in [6.07, 6.45) is 2.86. The molecule has 0 spiro atoms. The first kappa shape index (κ1) is 18.4. The minimum Gasteiger partial charge on any atom is -0.457 e. The third-order valence-corrected chi connectivity index (χ3v) is 4.21. The molecule has 1 N–H and O–H groups in total. The van der Waals surface area contributed by atoms with Crippen LogP contribution in [0.15, 0.2) is 65.1 Å². The second-order valence-corrected chi connectivity index (χ2v) is 6.20. The number of amides is 1. The van der Waals surface area contributed by atoms with Crippen LogP contribution in [-0.4, -0.2) is 10.8 Å². The molecule has 0 radical (unpaired) electrons. The Morgan fingerprint density at radius 2 is 2.00 bits per heavy atom. The van der Waals surface area contributed by atoms with Gasteiger partial charge < -0.3 is 9.73 Å². The molecule has 0 unspecified atom stereocenters. The van der Waals surface area contributed by atoms with Crippen molar-refractivity contribution in [3.8, 4) is 11.3 Å². The Kier molecular flexibility index (Phi) is 5.38. The van der Waals surface area contributed by atoms with Crippen LogP contribution in [0.5, 0.6) is 0 Å². The molecule has 1 amide bonds. The van der Waals surface area contributed by atoms with Crippen molar-refractivity contribution in [2.24, 2.45) is 0 Å². The lowest BCUT2D eigenvalue weighted by Gasteiger charge is -2.04. The molecular formula is C20H15ClN2O4. The van der Waals surface area contributed by atoms with Crippen molar-refractivity contribution in [1.82, 2.24) is 0 Å². The number of nitro benzene ring substituents is 1. The first-order valence-electron chi connectivity index (χ1n) is 8.02. The number of anilines is 1. The van der Waals surface area contributed by atoms with Gasteiger partial charge in [-0.05, 0) is 42.8 Å². The average Bonchev–Trinajstić information content (AvgIpc) is 3.12. The molecule has 1 heterocycles. The maximum atomic E-state index is 12.0. The second kappa shape index (κ2) is 7.88. The van der Waals surface area contributed by atoms with Crippen LogP contribution < -0.4 is 5.32 Å². The van der Waals surface area contributed by atoms with Gasteiger partial charge in [0.15, 0.2) is 0 Å². The Morgan fingerprint density at radius 1 is 1.19 bits per heavy atom. The maximum Gasteiger partial charge on any atom is 0.270 e. The van der Waals surface area contributed by atoms with Crippen LogP contribution in [0.2, 0.25) is 5.02 Å². The Labute approximate surface area is 160 Å². The minimum atomic E-state index is -0.463. The van der Waals surface area contributed by atoms with Gasteiger partial charge in [-0.15, -0.1) is 0 Å². The fourth-order valence-electron chi connectivity index (χ4n) is 2.38. The number of halogens is 1. The number of furan rings is 1. The number of hydrogen-bond donors (Lipinski definition) is 1. The van der Waals surface area contributed by atoms with Crippen molar-refractivity contribution in [1.29, 1.82) is 0 Å². The number of hydrogen-bond acceptors (Lipinski definition) is 4. The summed E-state index contributed by atoms with van der Waals surface area (Å²) in [4.78, 5) is 22.4. The third-order valence-electron chi connectivity index (χ3n) is 3.81. The molecule has 2 aromatic carbocycles. The van der Waals surface area contributed by atoms with E-state index < -0.39 is 4.92 Å². The molecule has 0 fully saturated rings. The third kappa shape index (κ3) is 4.62. The minimum absolute atomic E-state index is 0.0165. The predicted molar refractivity (Wildman–Crippen MR) is 105 cm³/mol. The van der Waals surface area contributed by atoms with E-state index in [4.69, 9.17) is 16.0 Å². The highest BCUT2D eigenvalue weighted by Gasteiger charge is 2.10. The molecule has 0 saturated carbocycles. The molecule has 0 saturated heterocycles. The van der Waals surface area contributed by atoms with Gasteiger partial charge in [0.05, 0.1) is 4.92 Å². The zero-order valence-corrected chi connectivity index (χ0v) is 15.1. The van der Waals surface area contributed by atoms with E-state index in [1.54, 1.807) is 36.4 Å². The van der Waals surface area contributed by atoms with Crippen molar-refractivity contribution in [2.75, 3.05) is 5.32 Å². The van der Waals surface area contributed by atoms with Crippen molar-refractivity contribution in [3.05, 3.63) is 87.1 Å². The normalized spacial score (nSPS) is 10.9. The molecule has 0 aliphatic rings. The molecule has 136 valence electrons. The highest BCUT2D eigenvalue weighted by molar-refractivity contribution is 6.31. The quantitative estimate of drug-likeness (QED) is 0.360. The van der Waals surface area contributed by atoms with Gasteiger partial charge in [-0.2, -0.15) is 0 Å². The van der Waals surface area contributed by atoms with Gasteiger partial charge in [-0.3, -0.25) is 14.9 Å².